The van der Waals surface area contributed by atoms with Crippen LogP contribution in [0, 0.1) is 0 Å². The Bertz CT molecular complexity index is 440. The lowest BCUT2D eigenvalue weighted by Gasteiger charge is -2.23. The van der Waals surface area contributed by atoms with Gasteiger partial charge in [0.2, 0.25) is 0 Å². The molecule has 0 aromatic heterocycles. The molecular formula is C15H21ClN2S. The zero-order valence-electron chi connectivity index (χ0n) is 11.1. The van der Waals surface area contributed by atoms with Crippen molar-refractivity contribution >= 4 is 34.5 Å². The molecule has 2 rings (SSSR count). The molecule has 0 aliphatic heterocycles. The first-order valence-corrected chi connectivity index (χ1v) is 7.81. The van der Waals surface area contributed by atoms with Crippen LogP contribution in [0.4, 0.5) is 5.69 Å². The molecule has 2 nitrogen and oxygen atoms in total. The quantitative estimate of drug-likeness (QED) is 0.807. The van der Waals surface area contributed by atoms with E-state index in [1.165, 1.54) is 44.9 Å². The van der Waals surface area contributed by atoms with Crippen LogP contribution in [0.15, 0.2) is 18.2 Å². The highest BCUT2D eigenvalue weighted by atomic mass is 35.5. The number of benzene rings is 1. The van der Waals surface area contributed by atoms with Gasteiger partial charge in [0.25, 0.3) is 0 Å². The van der Waals surface area contributed by atoms with Gasteiger partial charge in [-0.15, -0.1) is 0 Å². The lowest BCUT2D eigenvalue weighted by Crippen LogP contribution is -2.21. The summed E-state index contributed by atoms with van der Waals surface area (Å²) in [6.45, 7) is 0. The number of hydrogen-bond acceptors (Lipinski definition) is 2. The van der Waals surface area contributed by atoms with Gasteiger partial charge in [-0.3, -0.25) is 0 Å². The van der Waals surface area contributed by atoms with Gasteiger partial charge >= 0.3 is 0 Å². The maximum absolute atomic E-state index is 6.29. The Morgan fingerprint density at radius 2 is 1.79 bits per heavy atom. The summed E-state index contributed by atoms with van der Waals surface area (Å²) in [5, 5.41) is 4.27. The average Bonchev–Trinajstić information content (AvgIpc) is 2.34. The molecule has 0 atom stereocenters. The number of anilines is 1. The Morgan fingerprint density at radius 3 is 2.37 bits per heavy atom. The lowest BCUT2D eigenvalue weighted by atomic mass is 9.96. The van der Waals surface area contributed by atoms with E-state index in [9.17, 15) is 0 Å². The summed E-state index contributed by atoms with van der Waals surface area (Å²) in [7, 11) is 0. The molecule has 1 aromatic rings. The Kier molecular flexibility index (Phi) is 5.46. The van der Waals surface area contributed by atoms with Crippen LogP contribution in [0.1, 0.15) is 50.5 Å². The minimum absolute atomic E-state index is 0.388. The fraction of sp³-hybridized carbons (Fsp3) is 0.533. The first-order chi connectivity index (χ1) is 9.16. The number of nitrogens with one attached hydrogen (secondary N) is 1. The van der Waals surface area contributed by atoms with Gasteiger partial charge < -0.3 is 11.1 Å². The molecule has 1 aromatic carbocycles. The third kappa shape index (κ3) is 4.36. The summed E-state index contributed by atoms with van der Waals surface area (Å²) in [6.07, 6.45) is 9.16. The molecule has 0 radical (unpaired) electrons. The third-order valence-corrected chi connectivity index (χ3v) is 4.27. The number of halogens is 1. The van der Waals surface area contributed by atoms with Crippen molar-refractivity contribution in [1.29, 1.82) is 0 Å². The van der Waals surface area contributed by atoms with Gasteiger partial charge in [0, 0.05) is 11.6 Å². The topological polar surface area (TPSA) is 38.0 Å². The van der Waals surface area contributed by atoms with E-state index in [1.54, 1.807) is 0 Å². The van der Waals surface area contributed by atoms with Crippen LogP contribution in [0.25, 0.3) is 0 Å². The van der Waals surface area contributed by atoms with Crippen LogP contribution >= 0.6 is 23.8 Å². The monoisotopic (exact) mass is 296 g/mol. The predicted octanol–water partition coefficient (Wildman–Crippen LogP) is 4.50. The first-order valence-electron chi connectivity index (χ1n) is 7.02. The number of rotatable bonds is 3. The predicted molar refractivity (Wildman–Crippen MR) is 87.1 cm³/mol. The Morgan fingerprint density at radius 1 is 1.16 bits per heavy atom. The van der Waals surface area contributed by atoms with Gasteiger partial charge in [0.1, 0.15) is 4.99 Å². The van der Waals surface area contributed by atoms with Gasteiger partial charge in [0.15, 0.2) is 0 Å². The highest BCUT2D eigenvalue weighted by molar-refractivity contribution is 7.80. The molecule has 0 saturated heterocycles. The van der Waals surface area contributed by atoms with Crippen LogP contribution in [0.5, 0.6) is 0 Å². The fourth-order valence-electron chi connectivity index (χ4n) is 2.61. The van der Waals surface area contributed by atoms with Crippen molar-refractivity contribution in [2.24, 2.45) is 5.73 Å². The highest BCUT2D eigenvalue weighted by Gasteiger charge is 2.13. The molecule has 104 valence electrons. The molecule has 4 heteroatoms. The van der Waals surface area contributed by atoms with E-state index >= 15 is 0 Å². The molecule has 0 heterocycles. The lowest BCUT2D eigenvalue weighted by molar-refractivity contribution is 0.471. The molecule has 1 fully saturated rings. The minimum Gasteiger partial charge on any atom is -0.389 e. The SMILES string of the molecule is NC(=S)c1ccc(NC2CCCCCCC2)c(Cl)c1. The molecule has 0 amide bonds. The van der Waals surface area contributed by atoms with Gasteiger partial charge in [0.05, 0.1) is 10.7 Å². The fourth-order valence-corrected chi connectivity index (χ4v) is 2.97. The Balaban J connectivity index is 2.03. The van der Waals surface area contributed by atoms with Crippen molar-refractivity contribution in [2.75, 3.05) is 5.32 Å². The van der Waals surface area contributed by atoms with Crippen molar-refractivity contribution in [3.8, 4) is 0 Å². The Hall–Kier alpha value is -0.800. The summed E-state index contributed by atoms with van der Waals surface area (Å²) in [4.78, 5) is 0.388. The third-order valence-electron chi connectivity index (χ3n) is 3.72. The van der Waals surface area contributed by atoms with Gasteiger partial charge in [-0.25, -0.2) is 0 Å². The maximum Gasteiger partial charge on any atom is 0.104 e. The van der Waals surface area contributed by atoms with Gasteiger partial charge in [-0.1, -0.05) is 55.9 Å². The second kappa shape index (κ2) is 7.11. The summed E-state index contributed by atoms with van der Waals surface area (Å²) in [6, 6.07) is 6.29. The van der Waals surface area contributed by atoms with E-state index in [4.69, 9.17) is 29.6 Å². The van der Waals surface area contributed by atoms with Crippen molar-refractivity contribution in [2.45, 2.75) is 51.0 Å². The van der Waals surface area contributed by atoms with Crippen LogP contribution in [0.2, 0.25) is 5.02 Å². The van der Waals surface area contributed by atoms with Crippen LogP contribution in [-0.4, -0.2) is 11.0 Å². The summed E-state index contributed by atoms with van der Waals surface area (Å²) < 4.78 is 0. The first kappa shape index (κ1) is 14.6. The van der Waals surface area contributed by atoms with Gasteiger partial charge in [-0.05, 0) is 31.0 Å². The molecule has 19 heavy (non-hydrogen) atoms. The van der Waals surface area contributed by atoms with Crippen molar-refractivity contribution in [3.05, 3.63) is 28.8 Å². The molecule has 1 aliphatic rings. The van der Waals surface area contributed by atoms with Gasteiger partial charge in [-0.2, -0.15) is 0 Å². The zero-order chi connectivity index (χ0) is 13.7. The van der Waals surface area contributed by atoms with Crippen LogP contribution in [-0.2, 0) is 0 Å². The number of nitrogens with two attached hydrogens (primary N) is 1. The van der Waals surface area contributed by atoms with Crippen molar-refractivity contribution < 1.29 is 0 Å². The van der Waals surface area contributed by atoms with E-state index in [-0.39, 0.29) is 0 Å². The van der Waals surface area contributed by atoms with Crippen molar-refractivity contribution in [3.63, 3.8) is 0 Å². The summed E-state index contributed by atoms with van der Waals surface area (Å²) in [5.74, 6) is 0. The molecule has 3 N–H and O–H groups in total. The number of thiocarbonyl (C=S) groups is 1. The van der Waals surface area contributed by atoms with Crippen LogP contribution in [0.3, 0.4) is 0 Å². The molecular weight excluding hydrogens is 276 g/mol. The van der Waals surface area contributed by atoms with E-state index in [2.05, 4.69) is 5.32 Å². The van der Waals surface area contributed by atoms with E-state index in [0.717, 1.165) is 11.3 Å². The average molecular weight is 297 g/mol. The number of hydrogen-bond donors (Lipinski definition) is 2. The smallest absolute Gasteiger partial charge is 0.104 e. The largest absolute Gasteiger partial charge is 0.389 e. The minimum atomic E-state index is 0.388. The highest BCUT2D eigenvalue weighted by Crippen LogP contribution is 2.27. The Labute approximate surface area is 125 Å². The second-order valence-electron chi connectivity index (χ2n) is 5.25. The normalized spacial score (nSPS) is 17.5. The molecule has 1 saturated carbocycles. The van der Waals surface area contributed by atoms with Crippen molar-refractivity contribution in [1.82, 2.24) is 0 Å². The van der Waals surface area contributed by atoms with E-state index in [1.807, 2.05) is 18.2 Å². The zero-order valence-corrected chi connectivity index (χ0v) is 12.7. The molecule has 1 aliphatic carbocycles. The molecule has 0 unspecified atom stereocenters. The van der Waals surface area contributed by atoms with E-state index in [0.29, 0.717) is 16.1 Å². The standard InChI is InChI=1S/C15H21ClN2S/c16-13-10-11(15(17)19)8-9-14(13)18-12-6-4-2-1-3-5-7-12/h8-10,12,18H,1-7H2,(H2,17,19). The second-order valence-corrected chi connectivity index (χ2v) is 6.09. The molecule has 0 bridgehead atoms. The van der Waals surface area contributed by atoms with E-state index < -0.39 is 0 Å². The summed E-state index contributed by atoms with van der Waals surface area (Å²) in [5.41, 5.74) is 7.42. The maximum atomic E-state index is 6.29. The van der Waals surface area contributed by atoms with Crippen LogP contribution < -0.4 is 11.1 Å². The molecule has 0 spiro atoms. The summed E-state index contributed by atoms with van der Waals surface area (Å²) >= 11 is 11.2.